The van der Waals surface area contributed by atoms with Crippen molar-refractivity contribution in [1.82, 2.24) is 25.3 Å². The van der Waals surface area contributed by atoms with E-state index in [1.165, 1.54) is 0 Å². The molecule has 1 aromatic carbocycles. The number of hydrogen-bond donors (Lipinski definition) is 3. The maximum Gasteiger partial charge on any atom is 0.319 e. The van der Waals surface area contributed by atoms with Gasteiger partial charge in [-0.2, -0.15) is 5.10 Å². The summed E-state index contributed by atoms with van der Waals surface area (Å²) in [7, 11) is 0. The summed E-state index contributed by atoms with van der Waals surface area (Å²) < 4.78 is 1.67. The number of nitrogens with one attached hydrogen (secondary N) is 3. The highest BCUT2D eigenvalue weighted by Crippen LogP contribution is 2.14. The van der Waals surface area contributed by atoms with Crippen LogP contribution < -0.4 is 16.0 Å². The van der Waals surface area contributed by atoms with E-state index >= 15 is 0 Å². The molecule has 3 rings (SSSR count). The van der Waals surface area contributed by atoms with Gasteiger partial charge in [-0.1, -0.05) is 25.1 Å². The van der Waals surface area contributed by atoms with E-state index in [-0.39, 0.29) is 6.03 Å². The number of urea groups is 1. The molecule has 0 fully saturated rings. The van der Waals surface area contributed by atoms with E-state index in [4.69, 9.17) is 0 Å². The van der Waals surface area contributed by atoms with Gasteiger partial charge in [-0.3, -0.25) is 0 Å². The summed E-state index contributed by atoms with van der Waals surface area (Å²) in [5.74, 6) is 1.29. The maximum absolute atomic E-state index is 12.0. The van der Waals surface area contributed by atoms with Crippen LogP contribution in [0.25, 0.3) is 5.82 Å². The molecule has 140 valence electrons. The number of nitrogens with zero attached hydrogens (tertiary/aromatic N) is 4. The largest absolute Gasteiger partial charge is 0.367 e. The van der Waals surface area contributed by atoms with Crippen LogP contribution in [0.3, 0.4) is 0 Å². The van der Waals surface area contributed by atoms with Crippen LogP contribution in [0, 0.1) is 6.92 Å². The van der Waals surface area contributed by atoms with Crippen LogP contribution in [0.5, 0.6) is 0 Å². The Bertz CT molecular complexity index is 889. The van der Waals surface area contributed by atoms with Gasteiger partial charge in [0.25, 0.3) is 0 Å². The molecular formula is C19H23N7O. The lowest BCUT2D eigenvalue weighted by molar-refractivity contribution is 0.252. The van der Waals surface area contributed by atoms with Crippen LogP contribution in [0.2, 0.25) is 0 Å². The molecule has 0 atom stereocenters. The van der Waals surface area contributed by atoms with Gasteiger partial charge in [0, 0.05) is 25.0 Å². The third kappa shape index (κ3) is 5.04. The second-order valence-corrected chi connectivity index (χ2v) is 6.00. The minimum absolute atomic E-state index is 0.229. The number of carbonyl (C=O) groups excluding carboxylic acids is 1. The minimum atomic E-state index is -0.229. The van der Waals surface area contributed by atoms with Gasteiger partial charge < -0.3 is 16.0 Å². The SMILES string of the molecule is CCc1ccccc1NC(=O)NCCNc1ccc(-n2ccc(C)n2)nn1. The first-order valence-electron chi connectivity index (χ1n) is 8.88. The van der Waals surface area contributed by atoms with Gasteiger partial charge in [0.05, 0.1) is 5.69 Å². The van der Waals surface area contributed by atoms with Gasteiger partial charge in [-0.05, 0) is 43.2 Å². The Morgan fingerprint density at radius 1 is 1.07 bits per heavy atom. The average Bonchev–Trinajstić information content (AvgIpc) is 3.12. The van der Waals surface area contributed by atoms with Crippen molar-refractivity contribution in [2.45, 2.75) is 20.3 Å². The molecule has 0 saturated carbocycles. The Balaban J connectivity index is 1.42. The first-order valence-corrected chi connectivity index (χ1v) is 8.88. The number of amides is 2. The molecule has 0 unspecified atom stereocenters. The van der Waals surface area contributed by atoms with Crippen molar-refractivity contribution in [2.24, 2.45) is 0 Å². The van der Waals surface area contributed by atoms with Crippen molar-refractivity contribution in [3.05, 3.63) is 59.9 Å². The molecule has 2 amide bonds. The van der Waals surface area contributed by atoms with Crippen LogP contribution in [0.15, 0.2) is 48.7 Å². The van der Waals surface area contributed by atoms with Crippen LogP contribution in [-0.4, -0.2) is 39.1 Å². The smallest absolute Gasteiger partial charge is 0.319 e. The summed E-state index contributed by atoms with van der Waals surface area (Å²) in [6.07, 6.45) is 2.70. The predicted molar refractivity (Wildman–Crippen MR) is 105 cm³/mol. The topological polar surface area (TPSA) is 96.8 Å². The lowest BCUT2D eigenvalue weighted by atomic mass is 10.1. The minimum Gasteiger partial charge on any atom is -0.367 e. The Morgan fingerprint density at radius 2 is 1.93 bits per heavy atom. The summed E-state index contributed by atoms with van der Waals surface area (Å²) in [6.45, 7) is 4.98. The standard InChI is InChI=1S/C19H23N7O/c1-3-15-6-4-5-7-16(15)22-19(27)21-12-11-20-17-8-9-18(24-23-17)26-13-10-14(2)25-26/h4-10,13H,3,11-12H2,1-2H3,(H,20,23)(H2,21,22,27). The highest BCUT2D eigenvalue weighted by atomic mass is 16.2. The third-order valence-corrected chi connectivity index (χ3v) is 3.97. The number of carbonyl (C=O) groups is 1. The van der Waals surface area contributed by atoms with E-state index in [2.05, 4.69) is 38.2 Å². The van der Waals surface area contributed by atoms with Crippen molar-refractivity contribution in [3.63, 3.8) is 0 Å². The second kappa shape index (κ2) is 8.79. The normalized spacial score (nSPS) is 10.4. The fourth-order valence-corrected chi connectivity index (χ4v) is 2.57. The van der Waals surface area contributed by atoms with Crippen molar-refractivity contribution >= 4 is 17.5 Å². The summed E-state index contributed by atoms with van der Waals surface area (Å²) >= 11 is 0. The van der Waals surface area contributed by atoms with Gasteiger partial charge in [-0.15, -0.1) is 10.2 Å². The first kappa shape index (κ1) is 18.4. The van der Waals surface area contributed by atoms with Crippen LogP contribution in [0.4, 0.5) is 16.3 Å². The van der Waals surface area contributed by atoms with Crippen molar-refractivity contribution in [3.8, 4) is 5.82 Å². The van der Waals surface area contributed by atoms with E-state index in [1.807, 2.05) is 55.6 Å². The number of benzene rings is 1. The maximum atomic E-state index is 12.0. The molecule has 3 aromatic rings. The number of anilines is 2. The first-order chi connectivity index (χ1) is 13.2. The fraction of sp³-hybridized carbons (Fsp3) is 0.263. The van der Waals surface area contributed by atoms with E-state index in [1.54, 1.807) is 4.68 Å². The van der Waals surface area contributed by atoms with Crippen LogP contribution in [0.1, 0.15) is 18.2 Å². The second-order valence-electron chi connectivity index (χ2n) is 6.00. The zero-order valence-electron chi connectivity index (χ0n) is 15.4. The third-order valence-electron chi connectivity index (χ3n) is 3.97. The lowest BCUT2D eigenvalue weighted by Gasteiger charge is -2.11. The number of hydrogen-bond acceptors (Lipinski definition) is 5. The Kier molecular flexibility index (Phi) is 5.98. The molecule has 0 aliphatic rings. The summed E-state index contributed by atoms with van der Waals surface area (Å²) in [6, 6.07) is 13.1. The predicted octanol–water partition coefficient (Wildman–Crippen LogP) is 2.77. The number of para-hydroxylation sites is 1. The van der Waals surface area contributed by atoms with Crippen molar-refractivity contribution in [2.75, 3.05) is 23.7 Å². The molecule has 0 bridgehead atoms. The number of aromatic nitrogens is 4. The summed E-state index contributed by atoms with van der Waals surface area (Å²) in [5.41, 5.74) is 2.86. The summed E-state index contributed by atoms with van der Waals surface area (Å²) in [4.78, 5) is 12.0. The molecule has 8 nitrogen and oxygen atoms in total. The molecule has 2 aromatic heterocycles. The van der Waals surface area contributed by atoms with Gasteiger partial charge >= 0.3 is 6.03 Å². The highest BCUT2D eigenvalue weighted by Gasteiger charge is 2.05. The van der Waals surface area contributed by atoms with Gasteiger partial charge in [0.2, 0.25) is 0 Å². The zero-order valence-corrected chi connectivity index (χ0v) is 15.4. The average molecular weight is 365 g/mol. The fourth-order valence-electron chi connectivity index (χ4n) is 2.57. The monoisotopic (exact) mass is 365 g/mol. The molecule has 0 aliphatic heterocycles. The Labute approximate surface area is 158 Å². The van der Waals surface area contributed by atoms with Crippen LogP contribution in [-0.2, 0) is 6.42 Å². The highest BCUT2D eigenvalue weighted by molar-refractivity contribution is 5.90. The van der Waals surface area contributed by atoms with Crippen molar-refractivity contribution < 1.29 is 4.79 Å². The molecule has 0 radical (unpaired) electrons. The summed E-state index contributed by atoms with van der Waals surface area (Å²) in [5, 5.41) is 21.4. The molecule has 0 saturated heterocycles. The van der Waals surface area contributed by atoms with E-state index in [0.29, 0.717) is 24.7 Å². The Hall–Kier alpha value is -3.42. The molecule has 0 spiro atoms. The lowest BCUT2D eigenvalue weighted by Crippen LogP contribution is -2.33. The molecule has 8 heteroatoms. The zero-order chi connectivity index (χ0) is 19.1. The van der Waals surface area contributed by atoms with Gasteiger partial charge in [0.1, 0.15) is 5.82 Å². The van der Waals surface area contributed by atoms with Crippen LogP contribution >= 0.6 is 0 Å². The quantitative estimate of drug-likeness (QED) is 0.560. The Morgan fingerprint density at radius 3 is 2.63 bits per heavy atom. The molecule has 3 N–H and O–H groups in total. The van der Waals surface area contributed by atoms with Gasteiger partial charge in [0.15, 0.2) is 5.82 Å². The molecular weight excluding hydrogens is 342 g/mol. The molecule has 2 heterocycles. The molecule has 0 aliphatic carbocycles. The van der Waals surface area contributed by atoms with E-state index in [0.717, 1.165) is 23.4 Å². The van der Waals surface area contributed by atoms with E-state index in [9.17, 15) is 4.79 Å². The number of rotatable bonds is 7. The van der Waals surface area contributed by atoms with E-state index < -0.39 is 0 Å². The van der Waals surface area contributed by atoms with Gasteiger partial charge in [-0.25, -0.2) is 9.48 Å². The number of aryl methyl sites for hydroxylation is 2. The van der Waals surface area contributed by atoms with Crippen molar-refractivity contribution in [1.29, 1.82) is 0 Å². The molecule has 27 heavy (non-hydrogen) atoms.